The largest absolute Gasteiger partial charge is 0.497 e. The minimum Gasteiger partial charge on any atom is -0.497 e. The van der Waals surface area contributed by atoms with E-state index in [0.29, 0.717) is 71.5 Å². The van der Waals surface area contributed by atoms with E-state index in [0.717, 1.165) is 40.0 Å². The maximum atomic E-state index is 13.8. The molecule has 10 nitrogen and oxygen atoms in total. The van der Waals surface area contributed by atoms with Crippen LogP contribution in [0.4, 0.5) is 17.1 Å². The first kappa shape index (κ1) is 34.0. The zero-order valence-corrected chi connectivity index (χ0v) is 29.9. The van der Waals surface area contributed by atoms with Crippen LogP contribution in [-0.4, -0.2) is 62.5 Å². The summed E-state index contributed by atoms with van der Waals surface area (Å²) in [7, 11) is 3.20. The standard InChI is InChI=1S/C43H40N4O6/c1-25-15-35-37(45-22-29-16-28(18-34(29)42(35)48)26-7-11-33(50-2)12-8-26)20-39(25)52-13-4-14-53-41-21-38-36(19-40(41)51-3)43(49)47-24-30(17-32(47)23-46-38)27-5-9-31(44)10-6-27/h5-12,15,18-24,29,32,34H,4,13-14,16-17,44H2,1-3H3/t29-,32-,34?/m0/s1. The minimum absolute atomic E-state index is 0.00440. The van der Waals surface area contributed by atoms with Crippen LogP contribution in [0.15, 0.2) is 95.1 Å². The highest BCUT2D eigenvalue weighted by Crippen LogP contribution is 2.43. The molecule has 4 aromatic rings. The highest BCUT2D eigenvalue weighted by molar-refractivity contribution is 6.08. The zero-order valence-electron chi connectivity index (χ0n) is 29.9. The summed E-state index contributed by atoms with van der Waals surface area (Å²) in [4.78, 5) is 38.6. The van der Waals surface area contributed by atoms with Gasteiger partial charge in [0.25, 0.3) is 5.91 Å². The number of aryl methyl sites for hydroxylation is 1. The fraction of sp³-hybridized carbons (Fsp3) is 0.256. The van der Waals surface area contributed by atoms with Crippen LogP contribution in [0.1, 0.15) is 56.7 Å². The van der Waals surface area contributed by atoms with Crippen LogP contribution in [-0.2, 0) is 0 Å². The van der Waals surface area contributed by atoms with Crippen molar-refractivity contribution in [2.45, 2.75) is 32.2 Å². The van der Waals surface area contributed by atoms with E-state index in [1.807, 2.05) is 86.2 Å². The molecule has 0 spiro atoms. The van der Waals surface area contributed by atoms with Crippen molar-refractivity contribution in [2.24, 2.45) is 21.8 Å². The van der Waals surface area contributed by atoms with E-state index >= 15 is 0 Å². The van der Waals surface area contributed by atoms with Crippen molar-refractivity contribution in [3.05, 3.63) is 113 Å². The number of carbonyl (C=O) groups excluding carboxylic acids is 2. The van der Waals surface area contributed by atoms with Gasteiger partial charge in [-0.25, -0.2) is 0 Å². The lowest BCUT2D eigenvalue weighted by Gasteiger charge is -2.19. The molecule has 4 aromatic carbocycles. The third-order valence-corrected chi connectivity index (χ3v) is 10.3. The molecule has 0 aromatic heterocycles. The molecule has 10 heteroatoms. The van der Waals surface area contributed by atoms with Crippen LogP contribution < -0.4 is 24.7 Å². The monoisotopic (exact) mass is 708 g/mol. The van der Waals surface area contributed by atoms with Gasteiger partial charge >= 0.3 is 0 Å². The van der Waals surface area contributed by atoms with Crippen molar-refractivity contribution >= 4 is 52.3 Å². The summed E-state index contributed by atoms with van der Waals surface area (Å²) in [5, 5.41) is 0. The lowest BCUT2D eigenvalue weighted by atomic mass is 9.89. The van der Waals surface area contributed by atoms with Crippen LogP contribution in [0.5, 0.6) is 23.0 Å². The third kappa shape index (κ3) is 6.57. The number of ketones is 1. The van der Waals surface area contributed by atoms with Gasteiger partial charge in [0.05, 0.1) is 50.4 Å². The molecular weight excluding hydrogens is 668 g/mol. The molecule has 2 N–H and O–H groups in total. The Bertz CT molecular complexity index is 2220. The van der Waals surface area contributed by atoms with E-state index in [2.05, 4.69) is 6.08 Å². The number of nitrogen functional groups attached to an aromatic ring is 1. The fourth-order valence-electron chi connectivity index (χ4n) is 7.41. The highest BCUT2D eigenvalue weighted by Gasteiger charge is 2.36. The summed E-state index contributed by atoms with van der Waals surface area (Å²) in [5.74, 6) is 2.12. The van der Waals surface area contributed by atoms with Gasteiger partial charge in [0.2, 0.25) is 0 Å². The van der Waals surface area contributed by atoms with Gasteiger partial charge in [-0.15, -0.1) is 0 Å². The Labute approximate surface area is 308 Å². The SMILES string of the molecule is COc1ccc(C2=CC3C(=O)c4cc(C)c(OCCCOc5cc6c(cc5OC)C(=O)N5C=C(c7ccc(N)cc7)C[C@H]5C=N6)cc4N=C[C@@H]3C2)cc1. The zero-order chi connectivity index (χ0) is 36.6. The second kappa shape index (κ2) is 14.1. The van der Waals surface area contributed by atoms with Crippen molar-refractivity contribution in [1.29, 1.82) is 0 Å². The molecule has 0 radical (unpaired) electrons. The second-order valence-corrected chi connectivity index (χ2v) is 13.7. The van der Waals surface area contributed by atoms with Gasteiger partial charge in [-0.1, -0.05) is 30.3 Å². The summed E-state index contributed by atoms with van der Waals surface area (Å²) >= 11 is 0. The minimum atomic E-state index is -0.253. The lowest BCUT2D eigenvalue weighted by molar-refractivity contribution is 0.0817. The van der Waals surface area contributed by atoms with Gasteiger partial charge in [-0.3, -0.25) is 19.6 Å². The molecule has 3 heterocycles. The van der Waals surface area contributed by atoms with Gasteiger partial charge < -0.3 is 29.6 Å². The van der Waals surface area contributed by atoms with Crippen LogP contribution in [0, 0.1) is 18.8 Å². The Hall–Kier alpha value is -6.16. The number of benzene rings is 4. The quantitative estimate of drug-likeness (QED) is 0.131. The number of Topliss-reactive ketones (excluding diaryl/α,β-unsaturated/α-hetero) is 1. The molecule has 0 fully saturated rings. The van der Waals surface area contributed by atoms with Gasteiger partial charge in [0.1, 0.15) is 11.5 Å². The van der Waals surface area contributed by atoms with E-state index in [4.69, 9.17) is 34.7 Å². The number of methoxy groups -OCH3 is 2. The number of nitrogens with two attached hydrogens (primary N) is 1. The molecule has 1 aliphatic carbocycles. The average Bonchev–Trinajstić information content (AvgIpc) is 3.76. The summed E-state index contributed by atoms with van der Waals surface area (Å²) in [5.41, 5.74) is 14.0. The number of fused-ring (bicyclic) bond motifs is 4. The van der Waals surface area contributed by atoms with E-state index < -0.39 is 0 Å². The first-order valence-electron chi connectivity index (χ1n) is 17.8. The summed E-state index contributed by atoms with van der Waals surface area (Å²) < 4.78 is 23.2. The number of aliphatic imine (C=N–C) groups is 2. The molecule has 3 atom stereocenters. The van der Waals surface area contributed by atoms with E-state index in [1.54, 1.807) is 31.3 Å². The number of carbonyl (C=O) groups is 2. The molecular formula is C43H40N4O6. The molecule has 0 bridgehead atoms. The second-order valence-electron chi connectivity index (χ2n) is 13.7. The normalized spacial score (nSPS) is 19.7. The highest BCUT2D eigenvalue weighted by atomic mass is 16.5. The van der Waals surface area contributed by atoms with Gasteiger partial charge in [-0.05, 0) is 77.6 Å². The van der Waals surface area contributed by atoms with Crippen LogP contribution in [0.2, 0.25) is 0 Å². The van der Waals surface area contributed by atoms with Crippen molar-refractivity contribution in [3.8, 4) is 23.0 Å². The number of rotatable bonds is 10. The molecule has 3 aliphatic heterocycles. The molecule has 4 aliphatic rings. The molecule has 268 valence electrons. The third-order valence-electron chi connectivity index (χ3n) is 10.3. The Kier molecular flexibility index (Phi) is 9.04. The van der Waals surface area contributed by atoms with E-state index in [1.165, 1.54) is 0 Å². The van der Waals surface area contributed by atoms with Crippen LogP contribution in [0.25, 0.3) is 11.1 Å². The average molecular weight is 709 g/mol. The van der Waals surface area contributed by atoms with Gasteiger partial charge in [-0.2, -0.15) is 0 Å². The fourth-order valence-corrected chi connectivity index (χ4v) is 7.41. The molecule has 8 rings (SSSR count). The Morgan fingerprint density at radius 2 is 1.43 bits per heavy atom. The molecule has 0 saturated carbocycles. The summed E-state index contributed by atoms with van der Waals surface area (Å²) in [6, 6.07) is 22.6. The maximum absolute atomic E-state index is 13.8. The van der Waals surface area contributed by atoms with Gasteiger partial charge in [0.15, 0.2) is 17.3 Å². The van der Waals surface area contributed by atoms with E-state index in [9.17, 15) is 9.59 Å². The van der Waals surface area contributed by atoms with Crippen molar-refractivity contribution in [1.82, 2.24) is 4.90 Å². The van der Waals surface area contributed by atoms with Crippen molar-refractivity contribution < 1.29 is 28.5 Å². The number of anilines is 1. The molecule has 1 unspecified atom stereocenters. The van der Waals surface area contributed by atoms with E-state index in [-0.39, 0.29) is 29.6 Å². The van der Waals surface area contributed by atoms with Crippen molar-refractivity contribution in [3.63, 3.8) is 0 Å². The van der Waals surface area contributed by atoms with Gasteiger partial charge in [0, 0.05) is 66.7 Å². The number of ether oxygens (including phenoxy) is 4. The number of hydrogen-bond acceptors (Lipinski definition) is 9. The Morgan fingerprint density at radius 3 is 2.19 bits per heavy atom. The summed E-state index contributed by atoms with van der Waals surface area (Å²) in [6.45, 7) is 2.68. The molecule has 1 amide bonds. The first-order chi connectivity index (χ1) is 25.8. The number of hydrogen-bond donors (Lipinski definition) is 1. The smallest absolute Gasteiger partial charge is 0.260 e. The Balaban J connectivity index is 0.896. The van der Waals surface area contributed by atoms with Crippen LogP contribution in [0.3, 0.4) is 0 Å². The van der Waals surface area contributed by atoms with Crippen molar-refractivity contribution in [2.75, 3.05) is 33.2 Å². The predicted octanol–water partition coefficient (Wildman–Crippen LogP) is 8.03. The number of allylic oxidation sites excluding steroid dienone is 2. The maximum Gasteiger partial charge on any atom is 0.260 e. The Morgan fingerprint density at radius 1 is 0.755 bits per heavy atom. The number of amides is 1. The lowest BCUT2D eigenvalue weighted by Crippen LogP contribution is -2.32. The molecule has 0 saturated heterocycles. The summed E-state index contributed by atoms with van der Waals surface area (Å²) in [6.07, 6.45) is 9.72. The first-order valence-corrected chi connectivity index (χ1v) is 17.8. The topological polar surface area (TPSA) is 125 Å². The predicted molar refractivity (Wildman–Crippen MR) is 206 cm³/mol. The molecule has 53 heavy (non-hydrogen) atoms. The van der Waals surface area contributed by atoms with Crippen LogP contribution >= 0.6 is 0 Å². The number of nitrogens with zero attached hydrogens (tertiary/aromatic N) is 3.